The van der Waals surface area contributed by atoms with E-state index in [-0.39, 0.29) is 0 Å². The summed E-state index contributed by atoms with van der Waals surface area (Å²) in [6, 6.07) is 1.78. The molecule has 2 heterocycles. The van der Waals surface area contributed by atoms with E-state index in [1.165, 1.54) is 0 Å². The van der Waals surface area contributed by atoms with Crippen LogP contribution < -0.4 is 4.90 Å². The van der Waals surface area contributed by atoms with E-state index in [0.29, 0.717) is 11.2 Å². The summed E-state index contributed by atoms with van der Waals surface area (Å²) in [5.41, 5.74) is 1.43. The van der Waals surface area contributed by atoms with Gasteiger partial charge in [0.25, 0.3) is 0 Å². The number of anilines is 1. The molecule has 0 unspecified atom stereocenters. The summed E-state index contributed by atoms with van der Waals surface area (Å²) in [7, 11) is 0. The Hall–Kier alpha value is -1.25. The average Bonchev–Trinajstić information content (AvgIpc) is 2.19. The third-order valence-electron chi connectivity index (χ3n) is 3.40. The maximum Gasteiger partial charge on any atom is 0.171 e. The zero-order chi connectivity index (χ0) is 11.8. The molecule has 0 atom stereocenters. The molecule has 0 aliphatic carbocycles. The molecule has 1 fully saturated rings. The SMILES string of the molecule is Cc1cnc(N2CCC(C)(C)CC2)c(O)c1. The van der Waals surface area contributed by atoms with E-state index in [1.807, 2.05) is 13.1 Å². The van der Waals surface area contributed by atoms with Gasteiger partial charge in [-0.05, 0) is 36.8 Å². The molecule has 3 heteroatoms. The van der Waals surface area contributed by atoms with Gasteiger partial charge in [-0.25, -0.2) is 4.98 Å². The average molecular weight is 220 g/mol. The fourth-order valence-corrected chi connectivity index (χ4v) is 2.11. The third kappa shape index (κ3) is 2.29. The van der Waals surface area contributed by atoms with Gasteiger partial charge in [-0.15, -0.1) is 0 Å². The number of pyridine rings is 1. The van der Waals surface area contributed by atoms with Crippen molar-refractivity contribution in [1.82, 2.24) is 4.98 Å². The van der Waals surface area contributed by atoms with Gasteiger partial charge >= 0.3 is 0 Å². The lowest BCUT2D eigenvalue weighted by molar-refractivity contribution is 0.278. The molecular weight excluding hydrogens is 200 g/mol. The van der Waals surface area contributed by atoms with Crippen molar-refractivity contribution in [2.24, 2.45) is 5.41 Å². The zero-order valence-corrected chi connectivity index (χ0v) is 10.3. The summed E-state index contributed by atoms with van der Waals surface area (Å²) in [5.74, 6) is 1.04. The Labute approximate surface area is 97.1 Å². The molecule has 1 aliphatic rings. The quantitative estimate of drug-likeness (QED) is 0.790. The second-order valence-electron chi connectivity index (χ2n) is 5.51. The fourth-order valence-electron chi connectivity index (χ4n) is 2.11. The molecule has 1 aliphatic heterocycles. The Morgan fingerprint density at radius 2 is 1.94 bits per heavy atom. The smallest absolute Gasteiger partial charge is 0.171 e. The summed E-state index contributed by atoms with van der Waals surface area (Å²) >= 11 is 0. The molecule has 0 aromatic carbocycles. The second kappa shape index (κ2) is 3.96. The van der Waals surface area contributed by atoms with E-state index >= 15 is 0 Å². The minimum absolute atomic E-state index is 0.305. The van der Waals surface area contributed by atoms with Crippen LogP contribution in [0.25, 0.3) is 0 Å². The maximum atomic E-state index is 9.87. The standard InChI is InChI=1S/C13H20N2O/c1-10-8-11(16)12(14-9-10)15-6-4-13(2,3)5-7-15/h8-9,16H,4-7H2,1-3H3. The Morgan fingerprint density at radius 1 is 1.31 bits per heavy atom. The summed E-state index contributed by atoms with van der Waals surface area (Å²) in [6.45, 7) is 8.50. The molecular formula is C13H20N2O. The van der Waals surface area contributed by atoms with Gasteiger partial charge in [-0.3, -0.25) is 0 Å². The highest BCUT2D eigenvalue weighted by molar-refractivity contribution is 5.52. The third-order valence-corrected chi connectivity index (χ3v) is 3.40. The van der Waals surface area contributed by atoms with Gasteiger partial charge in [0.1, 0.15) is 0 Å². The van der Waals surface area contributed by atoms with Crippen molar-refractivity contribution in [3.63, 3.8) is 0 Å². The first-order valence-electron chi connectivity index (χ1n) is 5.88. The fraction of sp³-hybridized carbons (Fsp3) is 0.615. The van der Waals surface area contributed by atoms with Crippen molar-refractivity contribution in [2.45, 2.75) is 33.6 Å². The summed E-state index contributed by atoms with van der Waals surface area (Å²) < 4.78 is 0. The molecule has 2 rings (SSSR count). The van der Waals surface area contributed by atoms with Crippen LogP contribution in [0.4, 0.5) is 5.82 Å². The molecule has 1 aromatic rings. The van der Waals surface area contributed by atoms with Crippen LogP contribution in [0.5, 0.6) is 5.75 Å². The van der Waals surface area contributed by atoms with E-state index in [1.54, 1.807) is 6.07 Å². The molecule has 0 amide bonds. The van der Waals surface area contributed by atoms with Crippen molar-refractivity contribution in [1.29, 1.82) is 0 Å². The van der Waals surface area contributed by atoms with Gasteiger partial charge < -0.3 is 10.0 Å². The first kappa shape index (κ1) is 11.2. The van der Waals surface area contributed by atoms with E-state index in [2.05, 4.69) is 23.7 Å². The molecule has 1 saturated heterocycles. The number of hydrogen-bond acceptors (Lipinski definition) is 3. The van der Waals surface area contributed by atoms with Crippen LogP contribution in [0.15, 0.2) is 12.3 Å². The summed E-state index contributed by atoms with van der Waals surface area (Å²) in [6.07, 6.45) is 4.12. The number of piperidine rings is 1. The van der Waals surface area contributed by atoms with Gasteiger partial charge in [-0.2, -0.15) is 0 Å². The predicted octanol–water partition coefficient (Wildman–Crippen LogP) is 2.72. The van der Waals surface area contributed by atoms with Gasteiger partial charge in [0.2, 0.25) is 0 Å². The Bertz CT molecular complexity index is 378. The molecule has 0 radical (unpaired) electrons. The van der Waals surface area contributed by atoms with Crippen LogP contribution in [-0.2, 0) is 0 Å². The molecule has 0 saturated carbocycles. The van der Waals surface area contributed by atoms with E-state index < -0.39 is 0 Å². The highest BCUT2D eigenvalue weighted by atomic mass is 16.3. The number of aromatic nitrogens is 1. The predicted molar refractivity (Wildman–Crippen MR) is 65.9 cm³/mol. The normalized spacial score (nSPS) is 19.8. The Morgan fingerprint density at radius 3 is 2.50 bits per heavy atom. The van der Waals surface area contributed by atoms with E-state index in [0.717, 1.165) is 37.3 Å². The van der Waals surface area contributed by atoms with E-state index in [4.69, 9.17) is 0 Å². The van der Waals surface area contributed by atoms with Crippen molar-refractivity contribution in [3.05, 3.63) is 17.8 Å². The van der Waals surface area contributed by atoms with Crippen molar-refractivity contribution >= 4 is 5.82 Å². The van der Waals surface area contributed by atoms with Crippen LogP contribution in [0.3, 0.4) is 0 Å². The zero-order valence-electron chi connectivity index (χ0n) is 10.3. The van der Waals surface area contributed by atoms with Crippen LogP contribution in [-0.4, -0.2) is 23.2 Å². The lowest BCUT2D eigenvalue weighted by Gasteiger charge is -2.37. The van der Waals surface area contributed by atoms with Gasteiger partial charge in [0, 0.05) is 19.3 Å². The number of rotatable bonds is 1. The lowest BCUT2D eigenvalue weighted by atomic mass is 9.83. The van der Waals surface area contributed by atoms with Crippen LogP contribution in [0.2, 0.25) is 0 Å². The first-order chi connectivity index (χ1) is 7.48. The highest BCUT2D eigenvalue weighted by Crippen LogP contribution is 2.34. The molecule has 0 spiro atoms. The monoisotopic (exact) mass is 220 g/mol. The number of aromatic hydroxyl groups is 1. The minimum Gasteiger partial charge on any atom is -0.504 e. The maximum absolute atomic E-state index is 9.87. The Kier molecular flexibility index (Phi) is 2.78. The lowest BCUT2D eigenvalue weighted by Crippen LogP contribution is -2.37. The molecule has 0 bridgehead atoms. The topological polar surface area (TPSA) is 36.4 Å². The van der Waals surface area contributed by atoms with Crippen LogP contribution in [0, 0.1) is 12.3 Å². The summed E-state index contributed by atoms with van der Waals surface area (Å²) in [4.78, 5) is 6.51. The Balaban J connectivity index is 2.14. The van der Waals surface area contributed by atoms with Gasteiger partial charge in [0.15, 0.2) is 11.6 Å². The molecule has 1 aromatic heterocycles. The second-order valence-corrected chi connectivity index (χ2v) is 5.51. The van der Waals surface area contributed by atoms with Crippen LogP contribution in [0.1, 0.15) is 32.3 Å². The molecule has 88 valence electrons. The van der Waals surface area contributed by atoms with Gasteiger partial charge in [-0.1, -0.05) is 13.8 Å². The van der Waals surface area contributed by atoms with Crippen LogP contribution >= 0.6 is 0 Å². The van der Waals surface area contributed by atoms with E-state index in [9.17, 15) is 5.11 Å². The number of aryl methyl sites for hydroxylation is 1. The summed E-state index contributed by atoms with van der Waals surface area (Å²) in [5, 5.41) is 9.87. The minimum atomic E-state index is 0.305. The molecule has 1 N–H and O–H groups in total. The molecule has 3 nitrogen and oxygen atoms in total. The first-order valence-corrected chi connectivity index (χ1v) is 5.88. The largest absolute Gasteiger partial charge is 0.504 e. The van der Waals surface area contributed by atoms with Crippen molar-refractivity contribution in [2.75, 3.05) is 18.0 Å². The number of nitrogens with zero attached hydrogens (tertiary/aromatic N) is 2. The molecule has 16 heavy (non-hydrogen) atoms. The van der Waals surface area contributed by atoms with Crippen molar-refractivity contribution in [3.8, 4) is 5.75 Å². The van der Waals surface area contributed by atoms with Crippen molar-refractivity contribution < 1.29 is 5.11 Å². The number of hydrogen-bond donors (Lipinski definition) is 1. The van der Waals surface area contributed by atoms with Gasteiger partial charge in [0.05, 0.1) is 0 Å². The highest BCUT2D eigenvalue weighted by Gasteiger charge is 2.26.